The highest BCUT2D eigenvalue weighted by Crippen LogP contribution is 2.22. The van der Waals surface area contributed by atoms with Crippen molar-refractivity contribution in [1.29, 1.82) is 0 Å². The number of thioether (sulfide) groups is 1. The molecule has 5 nitrogen and oxygen atoms in total. The minimum Gasteiger partial charge on any atom is -0.484 e. The van der Waals surface area contributed by atoms with Crippen LogP contribution in [-0.4, -0.2) is 21.7 Å². The van der Waals surface area contributed by atoms with Gasteiger partial charge in [0, 0.05) is 4.88 Å². The Morgan fingerprint density at radius 3 is 2.67 bits per heavy atom. The van der Waals surface area contributed by atoms with E-state index in [1.807, 2.05) is 50.2 Å². The van der Waals surface area contributed by atoms with Crippen LogP contribution in [0.2, 0.25) is 0 Å². The number of carbonyl (C=O) groups is 1. The quantitative estimate of drug-likeness (QED) is 0.462. The van der Waals surface area contributed by atoms with Gasteiger partial charge >= 0.3 is 0 Å². The van der Waals surface area contributed by atoms with E-state index in [4.69, 9.17) is 9.15 Å². The summed E-state index contributed by atoms with van der Waals surface area (Å²) in [7, 11) is 0. The Labute approximate surface area is 148 Å². The first kappa shape index (κ1) is 16.7. The molecule has 0 unspecified atom stereocenters. The van der Waals surface area contributed by atoms with Crippen LogP contribution in [0.5, 0.6) is 5.75 Å². The SMILES string of the molecule is Cc1ccc(OCc2nnc(SCC(=O)c3ccc(C)s3)o2)cc1. The number of benzene rings is 1. The molecule has 0 atom stereocenters. The van der Waals surface area contributed by atoms with Crippen molar-refractivity contribution in [2.24, 2.45) is 0 Å². The van der Waals surface area contributed by atoms with Crippen LogP contribution < -0.4 is 4.74 Å². The average Bonchev–Trinajstić information content (AvgIpc) is 3.21. The summed E-state index contributed by atoms with van der Waals surface area (Å²) in [5, 5.41) is 8.24. The predicted octanol–water partition coefficient (Wildman–Crippen LogP) is 4.30. The summed E-state index contributed by atoms with van der Waals surface area (Å²) in [5.41, 5.74) is 1.17. The molecule has 2 aromatic heterocycles. The van der Waals surface area contributed by atoms with Crippen LogP contribution in [0.15, 0.2) is 46.0 Å². The van der Waals surface area contributed by atoms with Crippen molar-refractivity contribution < 1.29 is 13.9 Å². The van der Waals surface area contributed by atoms with E-state index >= 15 is 0 Å². The number of aryl methyl sites for hydroxylation is 2. The predicted molar refractivity (Wildman–Crippen MR) is 93.9 cm³/mol. The van der Waals surface area contributed by atoms with Gasteiger partial charge in [-0.2, -0.15) is 0 Å². The molecule has 3 aromatic rings. The molecule has 2 heterocycles. The van der Waals surface area contributed by atoms with Crippen LogP contribution in [0.3, 0.4) is 0 Å². The number of carbonyl (C=O) groups excluding carboxylic acids is 1. The first-order valence-corrected chi connectivity index (χ1v) is 9.14. The standard InChI is InChI=1S/C17H16N2O3S2/c1-11-3-6-13(7-4-11)21-9-16-18-19-17(22-16)23-10-14(20)15-8-5-12(2)24-15/h3-8H,9-10H2,1-2H3. The largest absolute Gasteiger partial charge is 0.484 e. The van der Waals surface area contributed by atoms with E-state index in [1.165, 1.54) is 28.7 Å². The number of Topliss-reactive ketones (excluding diaryl/α,β-unsaturated/α-hetero) is 1. The second-order valence-corrected chi connectivity index (χ2v) is 7.40. The maximum Gasteiger partial charge on any atom is 0.277 e. The summed E-state index contributed by atoms with van der Waals surface area (Å²) >= 11 is 2.73. The molecule has 0 bridgehead atoms. The first-order chi connectivity index (χ1) is 11.6. The number of aromatic nitrogens is 2. The zero-order chi connectivity index (χ0) is 16.9. The number of ether oxygens (including phenoxy) is 1. The minimum atomic E-state index is 0.0637. The number of thiophene rings is 1. The molecule has 7 heteroatoms. The van der Waals surface area contributed by atoms with E-state index in [0.717, 1.165) is 15.5 Å². The van der Waals surface area contributed by atoms with Gasteiger partial charge in [-0.1, -0.05) is 29.5 Å². The van der Waals surface area contributed by atoms with E-state index in [2.05, 4.69) is 10.2 Å². The van der Waals surface area contributed by atoms with Gasteiger partial charge in [0.05, 0.1) is 10.6 Å². The van der Waals surface area contributed by atoms with E-state index in [0.29, 0.717) is 11.1 Å². The molecule has 24 heavy (non-hydrogen) atoms. The minimum absolute atomic E-state index is 0.0637. The maximum atomic E-state index is 12.1. The fourth-order valence-electron chi connectivity index (χ4n) is 1.92. The summed E-state index contributed by atoms with van der Waals surface area (Å²) < 4.78 is 11.1. The third-order valence-corrected chi connectivity index (χ3v) is 5.03. The highest BCUT2D eigenvalue weighted by molar-refractivity contribution is 7.99. The van der Waals surface area contributed by atoms with E-state index in [-0.39, 0.29) is 18.1 Å². The second-order valence-electron chi connectivity index (χ2n) is 5.19. The monoisotopic (exact) mass is 360 g/mol. The van der Waals surface area contributed by atoms with E-state index in [9.17, 15) is 4.79 Å². The van der Waals surface area contributed by atoms with E-state index in [1.54, 1.807) is 0 Å². The van der Waals surface area contributed by atoms with Gasteiger partial charge in [0.25, 0.3) is 11.1 Å². The third-order valence-electron chi connectivity index (χ3n) is 3.17. The number of hydrogen-bond acceptors (Lipinski definition) is 7. The molecule has 0 aliphatic rings. The van der Waals surface area contributed by atoms with Gasteiger partial charge < -0.3 is 9.15 Å². The molecule has 0 saturated heterocycles. The Balaban J connectivity index is 1.50. The number of rotatable bonds is 7. The van der Waals surface area contributed by atoms with Gasteiger partial charge in [-0.15, -0.1) is 21.5 Å². The molecule has 124 valence electrons. The topological polar surface area (TPSA) is 65.2 Å². The lowest BCUT2D eigenvalue weighted by Gasteiger charge is -2.02. The van der Waals surface area contributed by atoms with Crippen molar-refractivity contribution in [3.8, 4) is 5.75 Å². The normalized spacial score (nSPS) is 10.8. The van der Waals surface area contributed by atoms with Crippen LogP contribution in [-0.2, 0) is 6.61 Å². The maximum absolute atomic E-state index is 12.1. The van der Waals surface area contributed by atoms with Crippen LogP contribution in [0.25, 0.3) is 0 Å². The molecule has 3 rings (SSSR count). The van der Waals surface area contributed by atoms with Crippen molar-refractivity contribution in [1.82, 2.24) is 10.2 Å². The average molecular weight is 360 g/mol. The highest BCUT2D eigenvalue weighted by Gasteiger charge is 2.13. The van der Waals surface area contributed by atoms with Crippen LogP contribution in [0.1, 0.15) is 26.0 Å². The van der Waals surface area contributed by atoms with Gasteiger partial charge in [0.1, 0.15) is 5.75 Å². The molecule has 0 aliphatic carbocycles. The van der Waals surface area contributed by atoms with Gasteiger partial charge in [-0.05, 0) is 38.1 Å². The second kappa shape index (κ2) is 7.63. The fourth-order valence-corrected chi connectivity index (χ4v) is 3.48. The molecule has 0 amide bonds. The van der Waals surface area contributed by atoms with Crippen LogP contribution in [0.4, 0.5) is 0 Å². The zero-order valence-corrected chi connectivity index (χ0v) is 14.9. The smallest absolute Gasteiger partial charge is 0.277 e. The summed E-state index contributed by atoms with van der Waals surface area (Å²) in [6, 6.07) is 11.5. The van der Waals surface area contributed by atoms with Crippen molar-refractivity contribution in [2.45, 2.75) is 25.7 Å². The molecule has 0 N–H and O–H groups in total. The lowest BCUT2D eigenvalue weighted by atomic mass is 10.2. The Kier molecular flexibility index (Phi) is 5.32. The Hall–Kier alpha value is -2.12. The molecule has 0 aliphatic heterocycles. The van der Waals surface area contributed by atoms with Crippen molar-refractivity contribution >= 4 is 28.9 Å². The molecule has 0 spiro atoms. The Bertz CT molecular complexity index is 824. The fraction of sp³-hybridized carbons (Fsp3) is 0.235. The lowest BCUT2D eigenvalue weighted by Crippen LogP contribution is -1.99. The van der Waals surface area contributed by atoms with Gasteiger partial charge in [-0.3, -0.25) is 4.79 Å². The number of hydrogen-bond donors (Lipinski definition) is 0. The van der Waals surface area contributed by atoms with Gasteiger partial charge in [0.2, 0.25) is 0 Å². The number of ketones is 1. The lowest BCUT2D eigenvalue weighted by molar-refractivity contribution is 0.102. The van der Waals surface area contributed by atoms with Gasteiger partial charge in [0.15, 0.2) is 12.4 Å². The Morgan fingerprint density at radius 2 is 1.96 bits per heavy atom. The summed E-state index contributed by atoms with van der Waals surface area (Å²) in [6.07, 6.45) is 0. The number of nitrogens with zero attached hydrogens (tertiary/aromatic N) is 2. The summed E-state index contributed by atoms with van der Waals surface area (Å²) in [4.78, 5) is 13.9. The molecule has 0 saturated carbocycles. The first-order valence-electron chi connectivity index (χ1n) is 7.34. The van der Waals surface area contributed by atoms with Gasteiger partial charge in [-0.25, -0.2) is 0 Å². The molecular weight excluding hydrogens is 344 g/mol. The van der Waals surface area contributed by atoms with Crippen molar-refractivity contribution in [3.05, 3.63) is 57.6 Å². The van der Waals surface area contributed by atoms with Crippen LogP contribution in [0, 0.1) is 13.8 Å². The van der Waals surface area contributed by atoms with Crippen molar-refractivity contribution in [3.63, 3.8) is 0 Å². The van der Waals surface area contributed by atoms with Crippen LogP contribution >= 0.6 is 23.1 Å². The Morgan fingerprint density at radius 1 is 1.17 bits per heavy atom. The molecule has 0 radical (unpaired) electrons. The summed E-state index contributed by atoms with van der Waals surface area (Å²) in [6.45, 7) is 4.20. The van der Waals surface area contributed by atoms with E-state index < -0.39 is 0 Å². The molecular formula is C17H16N2O3S2. The third kappa shape index (κ3) is 4.46. The summed E-state index contributed by atoms with van der Waals surface area (Å²) in [5.74, 6) is 1.47. The molecule has 1 aromatic carbocycles. The van der Waals surface area contributed by atoms with Crippen molar-refractivity contribution in [2.75, 3.05) is 5.75 Å². The molecule has 0 fully saturated rings. The highest BCUT2D eigenvalue weighted by atomic mass is 32.2. The zero-order valence-electron chi connectivity index (χ0n) is 13.3.